The van der Waals surface area contributed by atoms with Gasteiger partial charge >= 0.3 is 0 Å². The van der Waals surface area contributed by atoms with Crippen molar-refractivity contribution in [2.45, 2.75) is 19.1 Å². The Morgan fingerprint density at radius 2 is 1.35 bits per heavy atom. The minimum absolute atomic E-state index is 0.426. The summed E-state index contributed by atoms with van der Waals surface area (Å²) in [5.74, 6) is 0. The lowest BCUT2D eigenvalue weighted by atomic mass is 10.1. The molecule has 0 aliphatic carbocycles. The smallest absolute Gasteiger partial charge is 0.0843 e. The van der Waals surface area contributed by atoms with E-state index in [1.807, 2.05) is 6.07 Å². The van der Waals surface area contributed by atoms with Crippen molar-refractivity contribution in [1.82, 2.24) is 9.88 Å². The van der Waals surface area contributed by atoms with Crippen LogP contribution < -0.4 is 5.32 Å². The second-order valence-electron chi connectivity index (χ2n) is 6.74. The number of para-hydroxylation sites is 2. The highest BCUT2D eigenvalue weighted by atomic mass is 16.3. The molecule has 0 amide bonds. The first kappa shape index (κ1) is 16.8. The van der Waals surface area contributed by atoms with Crippen LogP contribution in [0.5, 0.6) is 0 Å². The molecule has 3 heteroatoms. The highest BCUT2D eigenvalue weighted by Gasteiger charge is 2.12. The molecular weight excluding hydrogens is 320 g/mol. The Balaban J connectivity index is 1.43. The van der Waals surface area contributed by atoms with E-state index in [9.17, 15) is 5.11 Å². The molecule has 4 aromatic rings. The third kappa shape index (κ3) is 3.50. The maximum absolute atomic E-state index is 10.6. The van der Waals surface area contributed by atoms with E-state index < -0.39 is 6.10 Å². The van der Waals surface area contributed by atoms with Crippen LogP contribution in [0.15, 0.2) is 78.9 Å². The van der Waals surface area contributed by atoms with Crippen LogP contribution in [0.4, 0.5) is 0 Å². The number of benzene rings is 3. The first-order valence-electron chi connectivity index (χ1n) is 9.21. The summed E-state index contributed by atoms with van der Waals surface area (Å²) >= 11 is 0. The second kappa shape index (κ2) is 7.73. The Kier molecular flexibility index (Phi) is 5.00. The highest BCUT2D eigenvalue weighted by Crippen LogP contribution is 2.28. The van der Waals surface area contributed by atoms with E-state index in [2.05, 4.69) is 82.7 Å². The number of aliphatic hydroxyl groups is 1. The fourth-order valence-corrected chi connectivity index (χ4v) is 3.62. The largest absolute Gasteiger partial charge is 0.390 e. The van der Waals surface area contributed by atoms with Crippen LogP contribution in [0, 0.1) is 0 Å². The van der Waals surface area contributed by atoms with Gasteiger partial charge in [0.2, 0.25) is 0 Å². The Bertz CT molecular complexity index is 938. The van der Waals surface area contributed by atoms with Gasteiger partial charge in [-0.15, -0.1) is 0 Å². The molecule has 4 rings (SSSR count). The Morgan fingerprint density at radius 1 is 0.769 bits per heavy atom. The Morgan fingerprint density at radius 3 is 2.00 bits per heavy atom. The molecule has 132 valence electrons. The zero-order valence-electron chi connectivity index (χ0n) is 14.8. The molecule has 1 aromatic heterocycles. The summed E-state index contributed by atoms with van der Waals surface area (Å²) in [5.41, 5.74) is 3.67. The second-order valence-corrected chi connectivity index (χ2v) is 6.74. The van der Waals surface area contributed by atoms with Crippen LogP contribution in [-0.2, 0) is 13.0 Å². The fourth-order valence-electron chi connectivity index (χ4n) is 3.62. The summed E-state index contributed by atoms with van der Waals surface area (Å²) < 4.78 is 2.23. The van der Waals surface area contributed by atoms with E-state index >= 15 is 0 Å². The third-order valence-corrected chi connectivity index (χ3v) is 4.89. The van der Waals surface area contributed by atoms with Crippen LogP contribution in [0.25, 0.3) is 21.8 Å². The minimum atomic E-state index is -0.426. The zero-order valence-corrected chi connectivity index (χ0v) is 14.8. The molecule has 0 bridgehead atoms. The van der Waals surface area contributed by atoms with Crippen molar-refractivity contribution in [1.29, 1.82) is 0 Å². The van der Waals surface area contributed by atoms with E-state index in [-0.39, 0.29) is 0 Å². The number of hydrogen-bond acceptors (Lipinski definition) is 2. The van der Waals surface area contributed by atoms with E-state index in [0.29, 0.717) is 13.1 Å². The number of hydrogen-bond donors (Lipinski definition) is 2. The predicted octanol–water partition coefficient (Wildman–Crippen LogP) is 3.99. The molecule has 0 aliphatic rings. The Labute approximate surface area is 153 Å². The van der Waals surface area contributed by atoms with Crippen molar-refractivity contribution in [3.8, 4) is 0 Å². The van der Waals surface area contributed by atoms with Crippen molar-refractivity contribution >= 4 is 21.8 Å². The van der Waals surface area contributed by atoms with Crippen molar-refractivity contribution in [3.05, 3.63) is 84.4 Å². The van der Waals surface area contributed by atoms with Crippen molar-refractivity contribution in [3.63, 3.8) is 0 Å². The summed E-state index contributed by atoms with van der Waals surface area (Å²) in [4.78, 5) is 0. The topological polar surface area (TPSA) is 37.2 Å². The molecule has 0 fully saturated rings. The summed E-state index contributed by atoms with van der Waals surface area (Å²) in [6.45, 7) is 2.05. The molecule has 26 heavy (non-hydrogen) atoms. The van der Waals surface area contributed by atoms with Crippen LogP contribution in [0.2, 0.25) is 0 Å². The number of aliphatic hydroxyl groups excluding tert-OH is 1. The number of aromatic nitrogens is 1. The molecule has 0 radical (unpaired) electrons. The number of rotatable bonds is 7. The molecule has 0 saturated carbocycles. The molecule has 0 aliphatic heterocycles. The lowest BCUT2D eigenvalue weighted by Gasteiger charge is -2.15. The van der Waals surface area contributed by atoms with Gasteiger partial charge in [-0.05, 0) is 30.7 Å². The van der Waals surface area contributed by atoms with Gasteiger partial charge in [0.1, 0.15) is 0 Å². The molecule has 2 N–H and O–H groups in total. The normalized spacial score (nSPS) is 12.7. The van der Waals surface area contributed by atoms with Crippen molar-refractivity contribution < 1.29 is 5.11 Å². The first-order chi connectivity index (χ1) is 12.8. The van der Waals surface area contributed by atoms with E-state index in [4.69, 9.17) is 0 Å². The van der Waals surface area contributed by atoms with Gasteiger partial charge in [0, 0.05) is 28.4 Å². The van der Waals surface area contributed by atoms with Gasteiger partial charge in [0.15, 0.2) is 0 Å². The van der Waals surface area contributed by atoms with Gasteiger partial charge in [0.05, 0.1) is 12.6 Å². The van der Waals surface area contributed by atoms with Crippen LogP contribution in [-0.4, -0.2) is 28.9 Å². The van der Waals surface area contributed by atoms with Crippen molar-refractivity contribution in [2.24, 2.45) is 0 Å². The summed E-state index contributed by atoms with van der Waals surface area (Å²) in [6.07, 6.45) is 0.549. The van der Waals surface area contributed by atoms with Gasteiger partial charge in [-0.1, -0.05) is 66.7 Å². The number of nitrogens with one attached hydrogen (secondary N) is 1. The number of fused-ring (bicyclic) bond motifs is 3. The average Bonchev–Trinajstić information content (AvgIpc) is 3.00. The molecule has 0 spiro atoms. The van der Waals surface area contributed by atoms with E-state index in [0.717, 1.165) is 13.0 Å². The zero-order chi connectivity index (χ0) is 17.8. The summed E-state index contributed by atoms with van der Waals surface area (Å²) in [6, 6.07) is 27.2. The lowest BCUT2D eigenvalue weighted by molar-refractivity contribution is 0.154. The monoisotopic (exact) mass is 344 g/mol. The van der Waals surface area contributed by atoms with Gasteiger partial charge < -0.3 is 15.0 Å². The molecule has 1 heterocycles. The highest BCUT2D eigenvalue weighted by molar-refractivity contribution is 6.07. The number of nitrogens with zero attached hydrogens (tertiary/aromatic N) is 1. The maximum Gasteiger partial charge on any atom is 0.0843 e. The molecule has 3 aromatic carbocycles. The summed E-state index contributed by atoms with van der Waals surface area (Å²) in [7, 11) is 0. The molecule has 0 unspecified atom stereocenters. The first-order valence-corrected chi connectivity index (χ1v) is 9.21. The van der Waals surface area contributed by atoms with Crippen LogP contribution in [0.3, 0.4) is 0 Å². The standard InChI is InChI=1S/C23H24N2O/c26-19(16-24-15-14-18-8-2-1-3-9-18)17-25-22-12-6-4-10-20(22)21-11-5-7-13-23(21)25/h1-13,19,24,26H,14-17H2/t19-/m1/s1. The third-order valence-electron chi connectivity index (χ3n) is 4.89. The van der Waals surface area contributed by atoms with Gasteiger partial charge in [-0.25, -0.2) is 0 Å². The summed E-state index contributed by atoms with van der Waals surface area (Å²) in [5, 5.41) is 16.4. The lowest BCUT2D eigenvalue weighted by Crippen LogP contribution is -2.31. The molecule has 0 saturated heterocycles. The molecule has 3 nitrogen and oxygen atoms in total. The predicted molar refractivity (Wildman–Crippen MR) is 108 cm³/mol. The maximum atomic E-state index is 10.6. The average molecular weight is 344 g/mol. The quantitative estimate of drug-likeness (QED) is 0.498. The Hall–Kier alpha value is -2.62. The van der Waals surface area contributed by atoms with Gasteiger partial charge in [0.25, 0.3) is 0 Å². The van der Waals surface area contributed by atoms with E-state index in [1.54, 1.807) is 0 Å². The van der Waals surface area contributed by atoms with Crippen LogP contribution in [0.1, 0.15) is 5.56 Å². The van der Waals surface area contributed by atoms with Crippen LogP contribution >= 0.6 is 0 Å². The molecular formula is C23H24N2O. The van der Waals surface area contributed by atoms with Gasteiger partial charge in [-0.2, -0.15) is 0 Å². The SMILES string of the molecule is O[C@H](CNCCc1ccccc1)Cn1c2ccccc2c2ccccc21. The van der Waals surface area contributed by atoms with E-state index in [1.165, 1.54) is 27.4 Å². The van der Waals surface area contributed by atoms with Gasteiger partial charge in [-0.3, -0.25) is 0 Å². The fraction of sp³-hybridized carbons (Fsp3) is 0.217. The van der Waals surface area contributed by atoms with Crippen molar-refractivity contribution in [2.75, 3.05) is 13.1 Å². The minimum Gasteiger partial charge on any atom is -0.390 e. The molecule has 1 atom stereocenters.